The smallest absolute Gasteiger partial charge is 0.322 e. The van der Waals surface area contributed by atoms with Gasteiger partial charge in [-0.2, -0.15) is 0 Å². The Balaban J connectivity index is 1.77. The molecule has 0 fully saturated rings. The van der Waals surface area contributed by atoms with E-state index in [-0.39, 0.29) is 12.1 Å². The molecule has 1 aliphatic heterocycles. The van der Waals surface area contributed by atoms with Crippen LogP contribution in [0.15, 0.2) is 36.7 Å². The number of imidazole rings is 1. The predicted octanol–water partition coefficient (Wildman–Crippen LogP) is 3.00. The van der Waals surface area contributed by atoms with Crippen molar-refractivity contribution in [3.63, 3.8) is 0 Å². The van der Waals surface area contributed by atoms with Gasteiger partial charge in [-0.15, -0.1) is 0 Å². The Bertz CT molecular complexity index is 701. The van der Waals surface area contributed by atoms with Crippen LogP contribution in [0.2, 0.25) is 0 Å². The summed E-state index contributed by atoms with van der Waals surface area (Å²) in [5, 5.41) is 2.97. The molecule has 1 atom stereocenters. The average Bonchev–Trinajstić information content (AvgIpc) is 3.06. The van der Waals surface area contributed by atoms with Crippen molar-refractivity contribution in [2.24, 2.45) is 13.0 Å². The Morgan fingerprint density at radius 1 is 1.43 bits per heavy atom. The molecule has 0 bridgehead atoms. The van der Waals surface area contributed by atoms with Gasteiger partial charge in [-0.1, -0.05) is 26.0 Å². The molecule has 0 aliphatic carbocycles. The Hall–Kier alpha value is -2.30. The van der Waals surface area contributed by atoms with Gasteiger partial charge in [0.15, 0.2) is 0 Å². The first kappa shape index (κ1) is 13.7. The molecular weight excluding hydrogens is 264 g/mol. The van der Waals surface area contributed by atoms with Crippen LogP contribution in [0.25, 0.3) is 11.0 Å². The Kier molecular flexibility index (Phi) is 3.41. The van der Waals surface area contributed by atoms with E-state index in [0.717, 1.165) is 16.7 Å². The average molecular weight is 284 g/mol. The highest BCUT2D eigenvalue weighted by atomic mass is 16.2. The number of rotatable bonds is 2. The second kappa shape index (κ2) is 5.24. The van der Waals surface area contributed by atoms with Gasteiger partial charge < -0.3 is 14.8 Å². The number of nitrogens with one attached hydrogen (secondary N) is 1. The summed E-state index contributed by atoms with van der Waals surface area (Å²) < 4.78 is 1.96. The van der Waals surface area contributed by atoms with Crippen LogP contribution in [-0.2, 0) is 7.05 Å². The highest BCUT2D eigenvalue weighted by Gasteiger charge is 2.27. The third kappa shape index (κ3) is 2.51. The van der Waals surface area contributed by atoms with E-state index in [4.69, 9.17) is 0 Å². The number of hydrogen-bond donors (Lipinski definition) is 1. The number of nitrogens with zero attached hydrogens (tertiary/aromatic N) is 3. The van der Waals surface area contributed by atoms with E-state index >= 15 is 0 Å². The zero-order valence-electron chi connectivity index (χ0n) is 12.6. The van der Waals surface area contributed by atoms with Gasteiger partial charge in [-0.3, -0.25) is 0 Å². The molecule has 0 saturated heterocycles. The molecule has 21 heavy (non-hydrogen) atoms. The highest BCUT2D eigenvalue weighted by Crippen LogP contribution is 2.21. The van der Waals surface area contributed by atoms with Gasteiger partial charge in [-0.25, -0.2) is 9.78 Å². The molecule has 0 unspecified atom stereocenters. The molecule has 0 saturated carbocycles. The van der Waals surface area contributed by atoms with Gasteiger partial charge in [0.25, 0.3) is 0 Å². The van der Waals surface area contributed by atoms with Gasteiger partial charge in [0.05, 0.1) is 23.4 Å². The Morgan fingerprint density at radius 3 is 3.00 bits per heavy atom. The van der Waals surface area contributed by atoms with Crippen LogP contribution in [-0.4, -0.2) is 33.1 Å². The normalized spacial score (nSPS) is 17.9. The van der Waals surface area contributed by atoms with Crippen molar-refractivity contribution in [2.75, 3.05) is 11.9 Å². The molecule has 110 valence electrons. The number of carbonyl (C=O) groups is 1. The van der Waals surface area contributed by atoms with Crippen LogP contribution in [0.5, 0.6) is 0 Å². The van der Waals surface area contributed by atoms with Crippen molar-refractivity contribution in [1.29, 1.82) is 0 Å². The summed E-state index contributed by atoms with van der Waals surface area (Å²) in [6.45, 7) is 4.92. The number of fused-ring (bicyclic) bond motifs is 1. The summed E-state index contributed by atoms with van der Waals surface area (Å²) in [7, 11) is 1.96. The van der Waals surface area contributed by atoms with E-state index in [1.165, 1.54) is 0 Å². The lowest BCUT2D eigenvalue weighted by Crippen LogP contribution is -2.41. The first-order valence-corrected chi connectivity index (χ1v) is 7.21. The van der Waals surface area contributed by atoms with Gasteiger partial charge in [-0.05, 0) is 24.1 Å². The van der Waals surface area contributed by atoms with E-state index < -0.39 is 0 Å². The van der Waals surface area contributed by atoms with Gasteiger partial charge in [0.2, 0.25) is 0 Å². The zero-order chi connectivity index (χ0) is 15.0. The SMILES string of the molecule is CC(C)[C@@H]1C=CCN1C(=O)Nc1ccc2c(c1)ncn2C. The maximum Gasteiger partial charge on any atom is 0.322 e. The lowest BCUT2D eigenvalue weighted by molar-refractivity contribution is 0.199. The van der Waals surface area contributed by atoms with E-state index in [0.29, 0.717) is 12.5 Å². The number of aryl methyl sites for hydroxylation is 1. The van der Waals surface area contributed by atoms with E-state index in [1.54, 1.807) is 6.33 Å². The van der Waals surface area contributed by atoms with Crippen molar-refractivity contribution in [2.45, 2.75) is 19.9 Å². The molecule has 1 aromatic carbocycles. The van der Waals surface area contributed by atoms with Crippen molar-refractivity contribution < 1.29 is 4.79 Å². The molecule has 1 aliphatic rings. The number of hydrogen-bond acceptors (Lipinski definition) is 2. The number of anilines is 1. The summed E-state index contributed by atoms with van der Waals surface area (Å²) in [5.41, 5.74) is 2.71. The third-order valence-corrected chi connectivity index (χ3v) is 3.92. The maximum atomic E-state index is 12.4. The summed E-state index contributed by atoms with van der Waals surface area (Å²) in [6.07, 6.45) is 5.92. The third-order valence-electron chi connectivity index (χ3n) is 3.92. The zero-order valence-corrected chi connectivity index (χ0v) is 12.6. The van der Waals surface area contributed by atoms with Gasteiger partial charge >= 0.3 is 6.03 Å². The molecule has 2 aromatic rings. The van der Waals surface area contributed by atoms with Crippen LogP contribution in [0, 0.1) is 5.92 Å². The number of carbonyl (C=O) groups excluding carboxylic acids is 1. The summed E-state index contributed by atoms with van der Waals surface area (Å²) in [5.74, 6) is 0.410. The lowest BCUT2D eigenvalue weighted by atomic mass is 10.1. The minimum absolute atomic E-state index is 0.0611. The number of urea groups is 1. The summed E-state index contributed by atoms with van der Waals surface area (Å²) in [6, 6.07) is 5.90. The van der Waals surface area contributed by atoms with Crippen LogP contribution in [0.3, 0.4) is 0 Å². The largest absolute Gasteiger partial charge is 0.334 e. The number of amides is 2. The monoisotopic (exact) mass is 284 g/mol. The molecule has 2 amide bonds. The maximum absolute atomic E-state index is 12.4. The molecule has 0 spiro atoms. The first-order valence-electron chi connectivity index (χ1n) is 7.21. The molecule has 3 rings (SSSR count). The van der Waals surface area contributed by atoms with Crippen molar-refractivity contribution in [1.82, 2.24) is 14.5 Å². The second-order valence-corrected chi connectivity index (χ2v) is 5.80. The number of benzene rings is 1. The molecule has 5 nitrogen and oxygen atoms in total. The van der Waals surface area contributed by atoms with Crippen LogP contribution in [0.1, 0.15) is 13.8 Å². The number of aromatic nitrogens is 2. The molecule has 5 heteroatoms. The minimum atomic E-state index is -0.0611. The van der Waals surface area contributed by atoms with E-state index in [9.17, 15) is 4.79 Å². The van der Waals surface area contributed by atoms with Crippen molar-refractivity contribution in [3.8, 4) is 0 Å². The van der Waals surface area contributed by atoms with Crippen molar-refractivity contribution >= 4 is 22.8 Å². The van der Waals surface area contributed by atoms with Gasteiger partial charge in [0, 0.05) is 19.3 Å². The first-order chi connectivity index (χ1) is 10.1. The fourth-order valence-electron chi connectivity index (χ4n) is 2.75. The van der Waals surface area contributed by atoms with Gasteiger partial charge in [0.1, 0.15) is 0 Å². The highest BCUT2D eigenvalue weighted by molar-refractivity contribution is 5.92. The summed E-state index contributed by atoms with van der Waals surface area (Å²) >= 11 is 0. The molecule has 1 N–H and O–H groups in total. The van der Waals surface area contributed by atoms with Crippen LogP contribution in [0.4, 0.5) is 10.5 Å². The Morgan fingerprint density at radius 2 is 2.24 bits per heavy atom. The fourth-order valence-corrected chi connectivity index (χ4v) is 2.75. The predicted molar refractivity (Wildman–Crippen MR) is 84.2 cm³/mol. The molecule has 1 aromatic heterocycles. The topological polar surface area (TPSA) is 50.2 Å². The molecule has 2 heterocycles. The van der Waals surface area contributed by atoms with Crippen LogP contribution < -0.4 is 5.32 Å². The summed E-state index contributed by atoms with van der Waals surface area (Å²) in [4.78, 5) is 18.6. The van der Waals surface area contributed by atoms with Crippen molar-refractivity contribution in [3.05, 3.63) is 36.7 Å². The second-order valence-electron chi connectivity index (χ2n) is 5.80. The lowest BCUT2D eigenvalue weighted by Gasteiger charge is -2.27. The van der Waals surface area contributed by atoms with E-state index in [1.807, 2.05) is 40.8 Å². The molecule has 0 radical (unpaired) electrons. The van der Waals surface area contributed by atoms with E-state index in [2.05, 4.69) is 30.2 Å². The fraction of sp³-hybridized carbons (Fsp3) is 0.375. The minimum Gasteiger partial charge on any atom is -0.334 e. The quantitative estimate of drug-likeness (QED) is 0.862. The Labute approximate surface area is 124 Å². The standard InChI is InChI=1S/C16H20N4O/c1-11(2)14-5-4-8-20(14)16(21)18-12-6-7-15-13(9-12)17-10-19(15)3/h4-7,9-11,14H,8H2,1-3H3,(H,18,21)/t14-/m0/s1. The molecular formula is C16H20N4O. The van der Waals surface area contributed by atoms with Crippen LogP contribution >= 0.6 is 0 Å².